The lowest BCUT2D eigenvalue weighted by Crippen LogP contribution is -2.20. The molecule has 1 aromatic heterocycles. The van der Waals surface area contributed by atoms with Crippen LogP contribution in [-0.2, 0) is 0 Å². The predicted molar refractivity (Wildman–Crippen MR) is 156 cm³/mol. The Morgan fingerprint density at radius 2 is 1.92 bits per heavy atom. The van der Waals surface area contributed by atoms with Gasteiger partial charge in [-0.1, -0.05) is 45.1 Å². The molecule has 1 aromatic carbocycles. The summed E-state index contributed by atoms with van der Waals surface area (Å²) >= 11 is 0. The molecule has 4 rings (SSSR count). The Balaban J connectivity index is 1.74. The Labute approximate surface area is 223 Å². The van der Waals surface area contributed by atoms with Crippen LogP contribution in [0.2, 0.25) is 0 Å². The monoisotopic (exact) mass is 501 g/mol. The Hall–Kier alpha value is -3.21. The van der Waals surface area contributed by atoms with Crippen LogP contribution in [0, 0.1) is 18.3 Å². The molecule has 1 heterocycles. The molecule has 2 aliphatic rings. The molecule has 2 aliphatic carbocycles. The number of aromatic nitrogens is 1. The van der Waals surface area contributed by atoms with E-state index in [2.05, 4.69) is 48.5 Å². The lowest BCUT2D eigenvalue weighted by Gasteiger charge is -2.23. The lowest BCUT2D eigenvalue weighted by atomic mass is 9.84. The Morgan fingerprint density at radius 3 is 2.54 bits per heavy atom. The topological polar surface area (TPSA) is 47.8 Å². The fourth-order valence-electron chi connectivity index (χ4n) is 6.24. The molecule has 0 amide bonds. The van der Waals surface area contributed by atoms with Gasteiger partial charge < -0.3 is 19.4 Å². The summed E-state index contributed by atoms with van der Waals surface area (Å²) in [7, 11) is 3.53. The third-order valence-electron chi connectivity index (χ3n) is 8.34. The molecule has 198 valence electrons. The highest BCUT2D eigenvalue weighted by atomic mass is 16.5. The third-order valence-corrected chi connectivity index (χ3v) is 8.34. The lowest BCUT2D eigenvalue weighted by molar-refractivity contribution is 0.307. The minimum absolute atomic E-state index is 0.441. The van der Waals surface area contributed by atoms with Gasteiger partial charge in [-0.25, -0.2) is 0 Å². The molecule has 2 saturated carbocycles. The van der Waals surface area contributed by atoms with Crippen molar-refractivity contribution in [1.29, 1.82) is 0 Å². The maximum absolute atomic E-state index is 5.83. The number of nitrogens with zero attached hydrogens (tertiary/aromatic N) is 2. The van der Waals surface area contributed by atoms with E-state index < -0.39 is 0 Å². The molecule has 0 bridgehead atoms. The van der Waals surface area contributed by atoms with Gasteiger partial charge in [0.15, 0.2) is 0 Å². The zero-order valence-electron chi connectivity index (χ0n) is 23.4. The van der Waals surface area contributed by atoms with Crippen molar-refractivity contribution >= 4 is 17.0 Å². The fraction of sp³-hybridized carbons (Fsp3) is 0.469. The first-order valence-electron chi connectivity index (χ1n) is 13.5. The summed E-state index contributed by atoms with van der Waals surface area (Å²) in [6, 6.07) is 5.92. The van der Waals surface area contributed by atoms with Gasteiger partial charge >= 0.3 is 0 Å². The third kappa shape index (κ3) is 5.14. The van der Waals surface area contributed by atoms with Crippen molar-refractivity contribution in [2.24, 2.45) is 16.3 Å². The standard InChI is InChI=1S/C32H43N3O2/c1-9-17-37-26-13-14-27(28(18-26)36-8)35-24(6)29(30(22(4)33-7)31(35)21(2)3)23(5)34-20-25-19-32(25)15-11-10-12-16-32/h9,13-14,18,25,34H,1-2,5,10-12,15-17,19-20H2,3-4,6-8H3. The number of hydrogen-bond donors (Lipinski definition) is 1. The van der Waals surface area contributed by atoms with E-state index in [0.29, 0.717) is 12.0 Å². The second-order valence-electron chi connectivity index (χ2n) is 10.7. The van der Waals surface area contributed by atoms with Crippen LogP contribution in [0.4, 0.5) is 0 Å². The first kappa shape index (κ1) is 26.8. The zero-order chi connectivity index (χ0) is 26.7. The van der Waals surface area contributed by atoms with E-state index in [4.69, 9.17) is 9.47 Å². The van der Waals surface area contributed by atoms with Gasteiger partial charge in [-0.05, 0) is 69.1 Å². The number of hydrogen-bond acceptors (Lipinski definition) is 4. The van der Waals surface area contributed by atoms with Crippen molar-refractivity contribution in [2.75, 3.05) is 27.3 Å². The van der Waals surface area contributed by atoms with Crippen LogP contribution in [0.25, 0.3) is 17.0 Å². The normalized spacial score (nSPS) is 18.4. The van der Waals surface area contributed by atoms with E-state index in [9.17, 15) is 0 Å². The molecular formula is C32H43N3O2. The maximum Gasteiger partial charge on any atom is 0.146 e. The van der Waals surface area contributed by atoms with Crippen molar-refractivity contribution in [2.45, 2.75) is 59.3 Å². The second kappa shape index (κ2) is 11.0. The first-order chi connectivity index (χ1) is 17.8. The second-order valence-corrected chi connectivity index (χ2v) is 10.7. The summed E-state index contributed by atoms with van der Waals surface area (Å²) in [5.41, 5.74) is 8.63. The van der Waals surface area contributed by atoms with Crippen molar-refractivity contribution in [1.82, 2.24) is 9.88 Å². The highest BCUT2D eigenvalue weighted by Crippen LogP contribution is 2.61. The summed E-state index contributed by atoms with van der Waals surface area (Å²) in [6.45, 7) is 20.3. The zero-order valence-corrected chi connectivity index (χ0v) is 23.4. The summed E-state index contributed by atoms with van der Waals surface area (Å²) in [5, 5.41) is 3.73. The van der Waals surface area contributed by atoms with Gasteiger partial charge in [0.25, 0.3) is 0 Å². The van der Waals surface area contributed by atoms with Crippen LogP contribution in [-0.4, -0.2) is 37.6 Å². The summed E-state index contributed by atoms with van der Waals surface area (Å²) in [4.78, 5) is 4.59. The highest BCUT2D eigenvalue weighted by Gasteiger charge is 2.53. The first-order valence-corrected chi connectivity index (χ1v) is 13.5. The van der Waals surface area contributed by atoms with E-state index in [1.807, 2.05) is 32.2 Å². The van der Waals surface area contributed by atoms with Crippen LogP contribution < -0.4 is 14.8 Å². The quantitative estimate of drug-likeness (QED) is 0.258. The molecule has 0 saturated heterocycles. The van der Waals surface area contributed by atoms with E-state index in [0.717, 1.165) is 69.1 Å². The fourth-order valence-corrected chi connectivity index (χ4v) is 6.24. The molecule has 1 spiro atoms. The Kier molecular flexibility index (Phi) is 8.01. The Morgan fingerprint density at radius 1 is 1.19 bits per heavy atom. The molecule has 1 unspecified atom stereocenters. The van der Waals surface area contributed by atoms with E-state index in [1.165, 1.54) is 38.5 Å². The molecule has 1 N–H and O–H groups in total. The minimum Gasteiger partial charge on any atom is -0.494 e. The van der Waals surface area contributed by atoms with Crippen LogP contribution in [0.5, 0.6) is 11.5 Å². The molecule has 2 fully saturated rings. The average molecular weight is 502 g/mol. The molecule has 0 radical (unpaired) electrons. The van der Waals surface area contributed by atoms with Crippen molar-refractivity contribution in [3.05, 3.63) is 66.5 Å². The number of nitrogens with one attached hydrogen (secondary N) is 1. The van der Waals surface area contributed by atoms with Gasteiger partial charge in [-0.3, -0.25) is 4.99 Å². The molecule has 5 nitrogen and oxygen atoms in total. The number of ether oxygens (including phenoxy) is 2. The van der Waals surface area contributed by atoms with Crippen molar-refractivity contribution in [3.63, 3.8) is 0 Å². The van der Waals surface area contributed by atoms with Gasteiger partial charge in [0.2, 0.25) is 0 Å². The van der Waals surface area contributed by atoms with E-state index in [-0.39, 0.29) is 0 Å². The van der Waals surface area contributed by atoms with Crippen LogP contribution >= 0.6 is 0 Å². The molecular weight excluding hydrogens is 458 g/mol. The summed E-state index contributed by atoms with van der Waals surface area (Å²) in [6.07, 6.45) is 10.0. The van der Waals surface area contributed by atoms with Crippen LogP contribution in [0.15, 0.2) is 49.0 Å². The van der Waals surface area contributed by atoms with Crippen LogP contribution in [0.1, 0.15) is 74.9 Å². The average Bonchev–Trinajstić information content (AvgIpc) is 3.46. The molecule has 5 heteroatoms. The maximum atomic E-state index is 5.83. The SMILES string of the molecule is C=CCOc1ccc(-n2c(C)c(C(=C)NCC3CC34CCCCC4)c(C(C)=NC)c2C(=C)C)c(OC)c1. The number of benzene rings is 1. The molecule has 2 aromatic rings. The van der Waals surface area contributed by atoms with Gasteiger partial charge in [-0.2, -0.15) is 0 Å². The van der Waals surface area contributed by atoms with Crippen LogP contribution in [0.3, 0.4) is 0 Å². The number of allylic oxidation sites excluding steroid dienone is 1. The highest BCUT2D eigenvalue weighted by molar-refractivity contribution is 6.07. The summed E-state index contributed by atoms with van der Waals surface area (Å²) in [5.74, 6) is 2.21. The minimum atomic E-state index is 0.441. The number of aliphatic imine (C=N–C) groups is 1. The van der Waals surface area contributed by atoms with Gasteiger partial charge in [0.1, 0.15) is 18.1 Å². The molecule has 0 aliphatic heterocycles. The van der Waals surface area contributed by atoms with Gasteiger partial charge in [-0.15, -0.1) is 0 Å². The summed E-state index contributed by atoms with van der Waals surface area (Å²) < 4.78 is 13.8. The number of methoxy groups -OCH3 is 1. The van der Waals surface area contributed by atoms with E-state index in [1.54, 1.807) is 13.2 Å². The smallest absolute Gasteiger partial charge is 0.146 e. The van der Waals surface area contributed by atoms with E-state index >= 15 is 0 Å². The molecule has 37 heavy (non-hydrogen) atoms. The Bertz CT molecular complexity index is 1230. The largest absolute Gasteiger partial charge is 0.494 e. The van der Waals surface area contributed by atoms with Crippen molar-refractivity contribution < 1.29 is 9.47 Å². The van der Waals surface area contributed by atoms with Crippen molar-refractivity contribution in [3.8, 4) is 17.2 Å². The predicted octanol–water partition coefficient (Wildman–Crippen LogP) is 7.36. The molecule has 1 atom stereocenters. The van der Waals surface area contributed by atoms with Gasteiger partial charge in [0, 0.05) is 47.9 Å². The van der Waals surface area contributed by atoms with Gasteiger partial charge in [0.05, 0.1) is 18.5 Å². The number of rotatable bonds is 11.